The van der Waals surface area contributed by atoms with Gasteiger partial charge in [0.2, 0.25) is 0 Å². The predicted octanol–water partition coefficient (Wildman–Crippen LogP) is 2.70. The van der Waals surface area contributed by atoms with Crippen molar-refractivity contribution in [2.75, 3.05) is 0 Å². The van der Waals surface area contributed by atoms with Crippen molar-refractivity contribution >= 4 is 11.2 Å². The van der Waals surface area contributed by atoms with Crippen molar-refractivity contribution in [2.24, 2.45) is 0 Å². The fraction of sp³-hybridized carbons (Fsp3) is 0.150. The molecule has 0 aliphatic carbocycles. The normalized spacial score (nSPS) is 11.2. The molecule has 28 heavy (non-hydrogen) atoms. The fourth-order valence-corrected chi connectivity index (χ4v) is 3.24. The van der Waals surface area contributed by atoms with Crippen molar-refractivity contribution in [2.45, 2.75) is 20.0 Å². The van der Waals surface area contributed by atoms with Crippen LogP contribution in [-0.2, 0) is 13.1 Å². The van der Waals surface area contributed by atoms with Gasteiger partial charge in [-0.25, -0.2) is 23.1 Å². The Kier molecular flexibility index (Phi) is 4.38. The molecular weight excluding hydrogens is 366 g/mol. The van der Waals surface area contributed by atoms with E-state index in [1.165, 1.54) is 39.7 Å². The van der Waals surface area contributed by atoms with Crippen LogP contribution >= 0.6 is 0 Å². The average Bonchev–Trinajstić information content (AvgIpc) is 3.08. The van der Waals surface area contributed by atoms with E-state index < -0.39 is 22.9 Å². The summed E-state index contributed by atoms with van der Waals surface area (Å²) in [6.45, 7) is 1.87. The van der Waals surface area contributed by atoms with Crippen LogP contribution in [0.15, 0.2) is 64.4 Å². The molecule has 0 saturated heterocycles. The Labute approximate surface area is 157 Å². The highest BCUT2D eigenvalue weighted by Gasteiger charge is 2.19. The Morgan fingerprint density at radius 1 is 1.04 bits per heavy atom. The van der Waals surface area contributed by atoms with E-state index in [0.29, 0.717) is 5.56 Å². The van der Waals surface area contributed by atoms with Crippen molar-refractivity contribution in [3.8, 4) is 5.69 Å². The topological polar surface area (TPSA) is 61.8 Å². The van der Waals surface area contributed by atoms with Gasteiger partial charge in [-0.05, 0) is 31.2 Å². The number of imidazole rings is 1. The summed E-state index contributed by atoms with van der Waals surface area (Å²) in [6.07, 6.45) is 1.38. The van der Waals surface area contributed by atoms with Crippen molar-refractivity contribution in [1.82, 2.24) is 18.7 Å². The van der Waals surface area contributed by atoms with Gasteiger partial charge >= 0.3 is 5.69 Å². The first-order valence-electron chi connectivity index (χ1n) is 8.71. The first-order chi connectivity index (χ1) is 13.5. The summed E-state index contributed by atoms with van der Waals surface area (Å²) < 4.78 is 31.5. The zero-order valence-corrected chi connectivity index (χ0v) is 15.0. The van der Waals surface area contributed by atoms with Gasteiger partial charge in [0.25, 0.3) is 5.56 Å². The second kappa shape index (κ2) is 6.88. The lowest BCUT2D eigenvalue weighted by Gasteiger charge is -2.12. The Hall–Kier alpha value is -3.55. The molecule has 0 aliphatic rings. The molecule has 2 heterocycles. The Morgan fingerprint density at radius 2 is 1.82 bits per heavy atom. The largest absolute Gasteiger partial charge is 0.337 e. The molecule has 2 aromatic carbocycles. The van der Waals surface area contributed by atoms with E-state index in [9.17, 15) is 18.4 Å². The van der Waals surface area contributed by atoms with E-state index in [2.05, 4.69) is 4.98 Å². The summed E-state index contributed by atoms with van der Waals surface area (Å²) in [5.41, 5.74) is -0.248. The van der Waals surface area contributed by atoms with Gasteiger partial charge < -0.3 is 4.57 Å². The molecule has 0 amide bonds. The summed E-state index contributed by atoms with van der Waals surface area (Å²) in [7, 11) is 0. The van der Waals surface area contributed by atoms with E-state index in [0.717, 1.165) is 4.57 Å². The van der Waals surface area contributed by atoms with Crippen molar-refractivity contribution in [3.63, 3.8) is 0 Å². The van der Waals surface area contributed by atoms with Gasteiger partial charge in [-0.15, -0.1) is 0 Å². The molecule has 0 unspecified atom stereocenters. The molecule has 0 spiro atoms. The quantitative estimate of drug-likeness (QED) is 0.545. The predicted molar refractivity (Wildman–Crippen MR) is 101 cm³/mol. The number of nitrogens with zero attached hydrogens (tertiary/aromatic N) is 4. The second-order valence-electron chi connectivity index (χ2n) is 6.28. The van der Waals surface area contributed by atoms with Gasteiger partial charge in [-0.1, -0.05) is 24.3 Å². The van der Waals surface area contributed by atoms with Gasteiger partial charge in [0.1, 0.15) is 11.6 Å². The minimum Gasteiger partial charge on any atom is -0.320 e. The van der Waals surface area contributed by atoms with Crippen molar-refractivity contribution < 1.29 is 8.78 Å². The first-order valence-corrected chi connectivity index (χ1v) is 8.71. The van der Waals surface area contributed by atoms with Gasteiger partial charge in [-0.3, -0.25) is 9.36 Å². The third-order valence-corrected chi connectivity index (χ3v) is 4.58. The zero-order valence-electron chi connectivity index (χ0n) is 15.0. The van der Waals surface area contributed by atoms with Crippen molar-refractivity contribution in [3.05, 3.63) is 92.9 Å². The molecule has 0 atom stereocenters. The molecular formula is C20H16F2N4O2. The lowest BCUT2D eigenvalue weighted by atomic mass is 10.2. The van der Waals surface area contributed by atoms with Gasteiger partial charge in [0.05, 0.1) is 18.6 Å². The van der Waals surface area contributed by atoms with Crippen LogP contribution in [0.5, 0.6) is 0 Å². The molecule has 0 N–H and O–H groups in total. The van der Waals surface area contributed by atoms with E-state index in [1.54, 1.807) is 31.2 Å². The Morgan fingerprint density at radius 3 is 2.54 bits per heavy atom. The van der Waals surface area contributed by atoms with Crippen LogP contribution in [0.4, 0.5) is 8.78 Å². The molecule has 0 radical (unpaired) electrons. The van der Waals surface area contributed by atoms with Gasteiger partial charge in [-0.2, -0.15) is 0 Å². The number of fused-ring (bicyclic) bond motifs is 1. The van der Waals surface area contributed by atoms with Crippen LogP contribution < -0.4 is 11.2 Å². The molecule has 0 saturated carbocycles. The Bertz CT molecular complexity index is 1300. The third kappa shape index (κ3) is 2.83. The number of hydrogen-bond donors (Lipinski definition) is 0. The molecule has 4 aromatic rings. The van der Waals surface area contributed by atoms with Gasteiger partial charge in [0.15, 0.2) is 11.2 Å². The fourth-order valence-electron chi connectivity index (χ4n) is 3.24. The molecule has 0 bridgehead atoms. The average molecular weight is 382 g/mol. The maximum Gasteiger partial charge on any atom is 0.337 e. The Balaban J connectivity index is 2.02. The number of halogens is 2. The molecule has 142 valence electrons. The summed E-state index contributed by atoms with van der Waals surface area (Å²) in [5.74, 6) is -0.920. The minimum absolute atomic E-state index is 0.0729. The maximum atomic E-state index is 14.1. The van der Waals surface area contributed by atoms with Crippen LogP contribution in [0.2, 0.25) is 0 Å². The molecule has 8 heteroatoms. The van der Waals surface area contributed by atoms with Crippen LogP contribution in [0.3, 0.4) is 0 Å². The highest BCUT2D eigenvalue weighted by molar-refractivity contribution is 5.72. The summed E-state index contributed by atoms with van der Waals surface area (Å²) in [5, 5.41) is 0. The van der Waals surface area contributed by atoms with E-state index in [4.69, 9.17) is 0 Å². The van der Waals surface area contributed by atoms with Crippen molar-refractivity contribution in [1.29, 1.82) is 0 Å². The number of benzene rings is 2. The van der Waals surface area contributed by atoms with Crippen LogP contribution in [0.1, 0.15) is 12.5 Å². The van der Waals surface area contributed by atoms with E-state index >= 15 is 0 Å². The number of rotatable bonds is 4. The van der Waals surface area contributed by atoms with Crippen LogP contribution in [0.25, 0.3) is 16.9 Å². The molecule has 0 aliphatic heterocycles. The highest BCUT2D eigenvalue weighted by Crippen LogP contribution is 2.16. The first kappa shape index (κ1) is 17.8. The van der Waals surface area contributed by atoms with E-state index in [-0.39, 0.29) is 29.9 Å². The van der Waals surface area contributed by atoms with Crippen LogP contribution in [0, 0.1) is 11.6 Å². The summed E-state index contributed by atoms with van der Waals surface area (Å²) in [6, 6.07) is 11.7. The zero-order chi connectivity index (χ0) is 19.8. The van der Waals surface area contributed by atoms with Gasteiger partial charge in [0, 0.05) is 12.1 Å². The lowest BCUT2D eigenvalue weighted by molar-refractivity contribution is 0.600. The lowest BCUT2D eigenvalue weighted by Crippen LogP contribution is -2.39. The second-order valence-corrected chi connectivity index (χ2v) is 6.28. The monoisotopic (exact) mass is 382 g/mol. The molecule has 6 nitrogen and oxygen atoms in total. The number of aromatic nitrogens is 4. The number of hydrogen-bond acceptors (Lipinski definition) is 3. The minimum atomic E-state index is -0.609. The van der Waals surface area contributed by atoms with Crippen LogP contribution in [-0.4, -0.2) is 18.7 Å². The summed E-state index contributed by atoms with van der Waals surface area (Å²) in [4.78, 5) is 30.0. The summed E-state index contributed by atoms with van der Waals surface area (Å²) >= 11 is 0. The standard InChI is InChI=1S/C20H16F2N4O2/c1-2-25-19(27)17-18(26(20(25)28)15-8-5-7-14(21)10-15)23-12-24(17)11-13-6-3-4-9-16(13)22/h3-10,12H,2,11H2,1H3. The highest BCUT2D eigenvalue weighted by atomic mass is 19.1. The maximum absolute atomic E-state index is 14.1. The molecule has 0 fully saturated rings. The van der Waals surface area contributed by atoms with E-state index in [1.807, 2.05) is 0 Å². The smallest absolute Gasteiger partial charge is 0.320 e. The third-order valence-electron chi connectivity index (χ3n) is 4.58. The molecule has 4 rings (SSSR count). The SMILES string of the molecule is CCn1c(=O)c2c(ncn2Cc2ccccc2F)n(-c2cccc(F)c2)c1=O. The molecule has 2 aromatic heterocycles.